The lowest BCUT2D eigenvalue weighted by atomic mass is 10.1. The molecule has 0 aliphatic carbocycles. The lowest BCUT2D eigenvalue weighted by Crippen LogP contribution is -2.04. The Labute approximate surface area is 111 Å². The molecule has 2 rings (SSSR count). The number of hydrogen-bond donors (Lipinski definition) is 2. The van der Waals surface area contributed by atoms with E-state index >= 15 is 0 Å². The summed E-state index contributed by atoms with van der Waals surface area (Å²) in [6.45, 7) is 4.94. The molecule has 0 aliphatic heterocycles. The Morgan fingerprint density at radius 3 is 3.00 bits per heavy atom. The van der Waals surface area contributed by atoms with Crippen LogP contribution >= 0.6 is 11.5 Å². The van der Waals surface area contributed by atoms with Gasteiger partial charge in [-0.25, -0.2) is 9.97 Å². The number of nitrogens with zero attached hydrogens (tertiary/aromatic N) is 3. The van der Waals surface area contributed by atoms with Crippen molar-refractivity contribution in [3.05, 3.63) is 29.7 Å². The zero-order valence-corrected chi connectivity index (χ0v) is 11.4. The van der Waals surface area contributed by atoms with E-state index in [0.717, 1.165) is 22.9 Å². The SMILES string of the molecule is CC(C)Cc1nsc(NCc2cccnc2N)n1. The third kappa shape index (κ3) is 3.40. The normalized spacial score (nSPS) is 10.8. The van der Waals surface area contributed by atoms with Gasteiger partial charge in [-0.2, -0.15) is 4.37 Å². The van der Waals surface area contributed by atoms with Gasteiger partial charge in [0, 0.05) is 36.3 Å². The number of rotatable bonds is 5. The number of hydrogen-bond acceptors (Lipinski definition) is 6. The Kier molecular flexibility index (Phi) is 4.09. The highest BCUT2D eigenvalue weighted by atomic mass is 32.1. The molecule has 0 bridgehead atoms. The van der Waals surface area contributed by atoms with E-state index in [1.165, 1.54) is 11.5 Å². The summed E-state index contributed by atoms with van der Waals surface area (Å²) in [7, 11) is 0. The van der Waals surface area contributed by atoms with Crippen LogP contribution in [0.3, 0.4) is 0 Å². The number of anilines is 2. The Morgan fingerprint density at radius 2 is 2.28 bits per heavy atom. The first-order chi connectivity index (χ1) is 8.65. The summed E-state index contributed by atoms with van der Waals surface area (Å²) in [4.78, 5) is 8.47. The van der Waals surface area contributed by atoms with Gasteiger partial charge in [-0.1, -0.05) is 19.9 Å². The number of aromatic nitrogens is 3. The first-order valence-electron chi connectivity index (χ1n) is 5.91. The van der Waals surface area contributed by atoms with E-state index in [4.69, 9.17) is 5.73 Å². The molecule has 2 aromatic rings. The van der Waals surface area contributed by atoms with E-state index in [9.17, 15) is 0 Å². The fraction of sp³-hybridized carbons (Fsp3) is 0.417. The van der Waals surface area contributed by atoms with Crippen molar-refractivity contribution >= 4 is 22.5 Å². The summed E-state index contributed by atoms with van der Waals surface area (Å²) < 4.78 is 4.31. The second-order valence-electron chi connectivity index (χ2n) is 4.52. The van der Waals surface area contributed by atoms with E-state index in [2.05, 4.69) is 33.5 Å². The average Bonchev–Trinajstić information content (AvgIpc) is 2.75. The van der Waals surface area contributed by atoms with Crippen LogP contribution in [-0.2, 0) is 13.0 Å². The van der Waals surface area contributed by atoms with Gasteiger partial charge in [-0.3, -0.25) is 0 Å². The summed E-state index contributed by atoms with van der Waals surface area (Å²) in [5.41, 5.74) is 6.74. The number of nitrogens with one attached hydrogen (secondary N) is 1. The summed E-state index contributed by atoms with van der Waals surface area (Å²) >= 11 is 1.38. The van der Waals surface area contributed by atoms with Gasteiger partial charge in [0.15, 0.2) is 0 Å². The predicted octanol–water partition coefficient (Wildman–Crippen LogP) is 2.33. The van der Waals surface area contributed by atoms with Gasteiger partial charge in [-0.05, 0) is 12.0 Å². The summed E-state index contributed by atoms with van der Waals surface area (Å²) in [5.74, 6) is 2.02. The van der Waals surface area contributed by atoms with Crippen LogP contribution in [-0.4, -0.2) is 14.3 Å². The Morgan fingerprint density at radius 1 is 1.44 bits per heavy atom. The third-order valence-electron chi connectivity index (χ3n) is 2.42. The quantitative estimate of drug-likeness (QED) is 0.865. The molecular formula is C12H17N5S. The third-order valence-corrected chi connectivity index (χ3v) is 3.13. The second kappa shape index (κ2) is 5.77. The smallest absolute Gasteiger partial charge is 0.202 e. The minimum Gasteiger partial charge on any atom is -0.383 e. The molecule has 3 N–H and O–H groups in total. The van der Waals surface area contributed by atoms with Crippen LogP contribution < -0.4 is 11.1 Å². The molecular weight excluding hydrogens is 246 g/mol. The molecule has 96 valence electrons. The van der Waals surface area contributed by atoms with Crippen molar-refractivity contribution in [1.82, 2.24) is 14.3 Å². The van der Waals surface area contributed by atoms with Gasteiger partial charge >= 0.3 is 0 Å². The Bertz CT molecular complexity index is 509. The summed E-state index contributed by atoms with van der Waals surface area (Å²) in [6.07, 6.45) is 2.59. The van der Waals surface area contributed by atoms with Crippen molar-refractivity contribution in [2.45, 2.75) is 26.8 Å². The van der Waals surface area contributed by atoms with Crippen molar-refractivity contribution in [3.63, 3.8) is 0 Å². The van der Waals surface area contributed by atoms with E-state index in [-0.39, 0.29) is 0 Å². The largest absolute Gasteiger partial charge is 0.383 e. The highest BCUT2D eigenvalue weighted by molar-refractivity contribution is 7.09. The number of pyridine rings is 1. The molecule has 2 heterocycles. The van der Waals surface area contributed by atoms with Gasteiger partial charge in [0.05, 0.1) is 0 Å². The van der Waals surface area contributed by atoms with Gasteiger partial charge in [0.1, 0.15) is 11.6 Å². The molecule has 6 heteroatoms. The number of nitrogens with two attached hydrogens (primary N) is 1. The van der Waals surface area contributed by atoms with Crippen LogP contribution in [0.1, 0.15) is 25.2 Å². The maximum Gasteiger partial charge on any atom is 0.202 e. The van der Waals surface area contributed by atoms with Gasteiger partial charge in [0.2, 0.25) is 5.13 Å². The number of nitrogen functional groups attached to an aromatic ring is 1. The molecule has 0 radical (unpaired) electrons. The lowest BCUT2D eigenvalue weighted by molar-refractivity contribution is 0.627. The first-order valence-corrected chi connectivity index (χ1v) is 6.68. The lowest BCUT2D eigenvalue weighted by Gasteiger charge is -2.04. The average molecular weight is 263 g/mol. The fourth-order valence-corrected chi connectivity index (χ4v) is 2.14. The zero-order valence-electron chi connectivity index (χ0n) is 10.6. The first kappa shape index (κ1) is 12.8. The van der Waals surface area contributed by atoms with E-state index < -0.39 is 0 Å². The van der Waals surface area contributed by atoms with Crippen LogP contribution in [0.15, 0.2) is 18.3 Å². The molecule has 18 heavy (non-hydrogen) atoms. The maximum atomic E-state index is 5.77. The Balaban J connectivity index is 1.94. The minimum atomic E-state index is 0.553. The predicted molar refractivity (Wildman–Crippen MR) is 74.4 cm³/mol. The minimum absolute atomic E-state index is 0.553. The molecule has 0 saturated heterocycles. The van der Waals surface area contributed by atoms with Crippen molar-refractivity contribution < 1.29 is 0 Å². The topological polar surface area (TPSA) is 76.7 Å². The van der Waals surface area contributed by atoms with Gasteiger partial charge in [0.25, 0.3) is 0 Å². The fourth-order valence-electron chi connectivity index (χ4n) is 1.54. The molecule has 0 spiro atoms. The van der Waals surface area contributed by atoms with Crippen LogP contribution in [0, 0.1) is 5.92 Å². The van der Waals surface area contributed by atoms with Gasteiger partial charge < -0.3 is 11.1 Å². The van der Waals surface area contributed by atoms with Crippen LogP contribution in [0.2, 0.25) is 0 Å². The maximum absolute atomic E-state index is 5.77. The monoisotopic (exact) mass is 263 g/mol. The molecule has 0 aromatic carbocycles. The molecule has 2 aromatic heterocycles. The zero-order chi connectivity index (χ0) is 13.0. The van der Waals surface area contributed by atoms with E-state index in [1.54, 1.807) is 6.20 Å². The summed E-state index contributed by atoms with van der Waals surface area (Å²) in [5, 5.41) is 4.05. The van der Waals surface area contributed by atoms with Crippen LogP contribution in [0.5, 0.6) is 0 Å². The highest BCUT2D eigenvalue weighted by Crippen LogP contribution is 2.16. The van der Waals surface area contributed by atoms with Crippen molar-refractivity contribution in [1.29, 1.82) is 0 Å². The van der Waals surface area contributed by atoms with Gasteiger partial charge in [-0.15, -0.1) is 0 Å². The molecule has 0 amide bonds. The Hall–Kier alpha value is -1.69. The van der Waals surface area contributed by atoms with Crippen LogP contribution in [0.4, 0.5) is 10.9 Å². The van der Waals surface area contributed by atoms with E-state index in [0.29, 0.717) is 18.3 Å². The molecule has 0 fully saturated rings. The summed E-state index contributed by atoms with van der Waals surface area (Å²) in [6, 6.07) is 3.82. The molecule has 0 unspecified atom stereocenters. The standard InChI is InChI=1S/C12H17N5S/c1-8(2)6-10-16-12(18-17-10)15-7-9-4-3-5-14-11(9)13/h3-5,8H,6-7H2,1-2H3,(H2,13,14)(H,15,16,17). The van der Waals surface area contributed by atoms with Crippen LogP contribution in [0.25, 0.3) is 0 Å². The van der Waals surface area contributed by atoms with Crippen molar-refractivity contribution in [3.8, 4) is 0 Å². The second-order valence-corrected chi connectivity index (χ2v) is 5.27. The molecule has 0 aliphatic rings. The van der Waals surface area contributed by atoms with E-state index in [1.807, 2.05) is 12.1 Å². The molecule has 0 atom stereocenters. The molecule has 5 nitrogen and oxygen atoms in total. The molecule has 0 saturated carbocycles. The van der Waals surface area contributed by atoms with Crippen molar-refractivity contribution in [2.24, 2.45) is 5.92 Å². The van der Waals surface area contributed by atoms with Crippen molar-refractivity contribution in [2.75, 3.05) is 11.1 Å². The highest BCUT2D eigenvalue weighted by Gasteiger charge is 2.06.